The van der Waals surface area contributed by atoms with E-state index < -0.39 is 6.03 Å². The van der Waals surface area contributed by atoms with E-state index in [9.17, 15) is 14.0 Å². The molecule has 0 aliphatic heterocycles. The van der Waals surface area contributed by atoms with Gasteiger partial charge < -0.3 is 20.9 Å². The molecule has 0 saturated carbocycles. The molecule has 3 rings (SSSR count). The number of aryl methyl sites for hydroxylation is 1. The van der Waals surface area contributed by atoms with Gasteiger partial charge in [0.05, 0.1) is 5.56 Å². The first-order valence-electron chi connectivity index (χ1n) is 9.81. The van der Waals surface area contributed by atoms with Gasteiger partial charge in [0.25, 0.3) is 5.91 Å². The van der Waals surface area contributed by atoms with Crippen LogP contribution < -0.4 is 20.9 Å². The maximum Gasteiger partial charge on any atom is 0.323 e. The van der Waals surface area contributed by atoms with Crippen LogP contribution in [0.25, 0.3) is 0 Å². The van der Waals surface area contributed by atoms with E-state index in [1.54, 1.807) is 30.3 Å². The standard InChI is InChI=1S/C24H25FN4O2/c1-16-6-4-5-7-21(16)28-24(31)27-19-12-13-22(29(2)3)20(14-19)23(30)26-15-17-8-10-18(25)11-9-17/h4-14H,15H2,1-3H3,(H,26,30)(H2,27,28,31). The molecule has 3 amide bonds. The molecule has 0 bridgehead atoms. The number of hydrogen-bond donors (Lipinski definition) is 3. The molecule has 0 heterocycles. The van der Waals surface area contributed by atoms with E-state index in [0.717, 1.165) is 11.1 Å². The smallest absolute Gasteiger partial charge is 0.323 e. The van der Waals surface area contributed by atoms with Crippen LogP contribution in [0, 0.1) is 12.7 Å². The minimum atomic E-state index is -0.399. The van der Waals surface area contributed by atoms with Crippen LogP contribution in [0.1, 0.15) is 21.5 Å². The van der Waals surface area contributed by atoms with E-state index in [1.807, 2.05) is 50.2 Å². The largest absolute Gasteiger partial charge is 0.377 e. The number of carbonyl (C=O) groups excluding carboxylic acids is 2. The summed E-state index contributed by atoms with van der Waals surface area (Å²) in [6.45, 7) is 2.17. The molecule has 31 heavy (non-hydrogen) atoms. The second-order valence-electron chi connectivity index (χ2n) is 7.33. The van der Waals surface area contributed by atoms with Crippen LogP contribution in [-0.4, -0.2) is 26.0 Å². The fraction of sp³-hybridized carbons (Fsp3) is 0.167. The highest BCUT2D eigenvalue weighted by Crippen LogP contribution is 2.23. The van der Waals surface area contributed by atoms with Gasteiger partial charge >= 0.3 is 6.03 Å². The zero-order valence-electron chi connectivity index (χ0n) is 17.7. The maximum absolute atomic E-state index is 13.1. The topological polar surface area (TPSA) is 73.5 Å². The van der Waals surface area contributed by atoms with Crippen LogP contribution in [0.4, 0.5) is 26.2 Å². The lowest BCUT2D eigenvalue weighted by molar-refractivity contribution is 0.0951. The second-order valence-corrected chi connectivity index (χ2v) is 7.33. The zero-order valence-corrected chi connectivity index (χ0v) is 17.7. The molecule has 0 saturated heterocycles. The lowest BCUT2D eigenvalue weighted by atomic mass is 10.1. The molecule has 3 aromatic carbocycles. The molecule has 6 nitrogen and oxygen atoms in total. The van der Waals surface area contributed by atoms with Crippen molar-refractivity contribution in [1.82, 2.24) is 5.32 Å². The van der Waals surface area contributed by atoms with Crippen LogP contribution in [0.5, 0.6) is 0 Å². The molecule has 3 N–H and O–H groups in total. The molecule has 3 aromatic rings. The van der Waals surface area contributed by atoms with Crippen LogP contribution in [0.15, 0.2) is 66.7 Å². The number of anilines is 3. The Balaban J connectivity index is 1.73. The Morgan fingerprint density at radius 2 is 1.65 bits per heavy atom. The molecule has 0 fully saturated rings. The zero-order chi connectivity index (χ0) is 22.4. The summed E-state index contributed by atoms with van der Waals surface area (Å²) in [6, 6.07) is 18.2. The van der Waals surface area contributed by atoms with Gasteiger partial charge in [-0.1, -0.05) is 30.3 Å². The normalized spacial score (nSPS) is 10.3. The van der Waals surface area contributed by atoms with Gasteiger partial charge in [-0.3, -0.25) is 4.79 Å². The number of hydrogen-bond acceptors (Lipinski definition) is 3. The Morgan fingerprint density at radius 3 is 2.32 bits per heavy atom. The Morgan fingerprint density at radius 1 is 0.935 bits per heavy atom. The fourth-order valence-corrected chi connectivity index (χ4v) is 3.06. The number of nitrogens with zero attached hydrogens (tertiary/aromatic N) is 1. The summed E-state index contributed by atoms with van der Waals surface area (Å²) in [4.78, 5) is 27.1. The molecular weight excluding hydrogens is 395 g/mol. The monoisotopic (exact) mass is 420 g/mol. The molecule has 0 aliphatic rings. The number of benzene rings is 3. The van der Waals surface area contributed by atoms with Gasteiger partial charge in [0, 0.05) is 37.7 Å². The van der Waals surface area contributed by atoms with E-state index in [-0.39, 0.29) is 18.3 Å². The van der Waals surface area contributed by atoms with E-state index in [4.69, 9.17) is 0 Å². The van der Waals surface area contributed by atoms with Crippen molar-refractivity contribution in [3.8, 4) is 0 Å². The Hall–Kier alpha value is -3.87. The molecular formula is C24H25FN4O2. The number of rotatable bonds is 6. The first kappa shape index (κ1) is 21.8. The fourth-order valence-electron chi connectivity index (χ4n) is 3.06. The predicted octanol–water partition coefficient (Wildman–Crippen LogP) is 4.77. The molecule has 0 radical (unpaired) electrons. The van der Waals surface area contributed by atoms with Gasteiger partial charge in [0.1, 0.15) is 5.82 Å². The lowest BCUT2D eigenvalue weighted by Crippen LogP contribution is -2.26. The predicted molar refractivity (Wildman–Crippen MR) is 122 cm³/mol. The number of nitrogens with one attached hydrogen (secondary N) is 3. The number of urea groups is 1. The summed E-state index contributed by atoms with van der Waals surface area (Å²) in [5.41, 5.74) is 4.06. The van der Waals surface area contributed by atoms with Crippen molar-refractivity contribution in [2.75, 3.05) is 29.6 Å². The second kappa shape index (κ2) is 9.75. The minimum absolute atomic E-state index is 0.261. The van der Waals surface area contributed by atoms with Crippen molar-refractivity contribution in [2.24, 2.45) is 0 Å². The van der Waals surface area contributed by atoms with E-state index in [0.29, 0.717) is 22.6 Å². The highest BCUT2D eigenvalue weighted by atomic mass is 19.1. The van der Waals surface area contributed by atoms with Crippen molar-refractivity contribution in [1.29, 1.82) is 0 Å². The average molecular weight is 420 g/mol. The van der Waals surface area contributed by atoms with Crippen LogP contribution in [0.3, 0.4) is 0 Å². The van der Waals surface area contributed by atoms with Gasteiger partial charge in [-0.05, 0) is 54.4 Å². The van der Waals surface area contributed by atoms with E-state index in [1.165, 1.54) is 12.1 Å². The Bertz CT molecular complexity index is 1080. The van der Waals surface area contributed by atoms with Crippen LogP contribution in [-0.2, 0) is 6.54 Å². The van der Waals surface area contributed by atoms with Crippen LogP contribution in [0.2, 0.25) is 0 Å². The van der Waals surface area contributed by atoms with Gasteiger partial charge in [0.15, 0.2) is 0 Å². The first-order valence-corrected chi connectivity index (χ1v) is 9.81. The molecule has 0 aliphatic carbocycles. The molecule has 0 atom stereocenters. The van der Waals surface area contributed by atoms with Crippen LogP contribution >= 0.6 is 0 Å². The third-order valence-electron chi connectivity index (χ3n) is 4.74. The van der Waals surface area contributed by atoms with Gasteiger partial charge in [-0.15, -0.1) is 0 Å². The summed E-state index contributed by atoms with van der Waals surface area (Å²) in [5, 5.41) is 8.41. The van der Waals surface area contributed by atoms with Gasteiger partial charge in [-0.2, -0.15) is 0 Å². The highest BCUT2D eigenvalue weighted by Gasteiger charge is 2.15. The maximum atomic E-state index is 13.1. The number of para-hydroxylation sites is 1. The average Bonchev–Trinajstić information content (AvgIpc) is 2.74. The van der Waals surface area contributed by atoms with Crippen molar-refractivity contribution in [2.45, 2.75) is 13.5 Å². The molecule has 7 heteroatoms. The number of halogens is 1. The van der Waals surface area contributed by atoms with Crippen molar-refractivity contribution >= 4 is 29.0 Å². The molecule has 0 unspecified atom stereocenters. The highest BCUT2D eigenvalue weighted by molar-refractivity contribution is 6.04. The molecule has 160 valence electrons. The first-order chi connectivity index (χ1) is 14.8. The quantitative estimate of drug-likeness (QED) is 0.538. The summed E-state index contributed by atoms with van der Waals surface area (Å²) in [6.07, 6.45) is 0. The number of carbonyl (C=O) groups is 2. The summed E-state index contributed by atoms with van der Waals surface area (Å²) in [5.74, 6) is -0.622. The minimum Gasteiger partial charge on any atom is -0.377 e. The van der Waals surface area contributed by atoms with Gasteiger partial charge in [-0.25, -0.2) is 9.18 Å². The third-order valence-corrected chi connectivity index (χ3v) is 4.74. The Kier molecular flexibility index (Phi) is 6.87. The summed E-state index contributed by atoms with van der Waals surface area (Å²) >= 11 is 0. The summed E-state index contributed by atoms with van der Waals surface area (Å²) in [7, 11) is 3.67. The van der Waals surface area contributed by atoms with Crippen molar-refractivity contribution < 1.29 is 14.0 Å². The summed E-state index contributed by atoms with van der Waals surface area (Å²) < 4.78 is 13.1. The van der Waals surface area contributed by atoms with Crippen molar-refractivity contribution in [3.05, 3.63) is 89.2 Å². The molecule has 0 spiro atoms. The Labute approximate surface area is 181 Å². The van der Waals surface area contributed by atoms with Gasteiger partial charge in [0.2, 0.25) is 0 Å². The van der Waals surface area contributed by atoms with E-state index >= 15 is 0 Å². The SMILES string of the molecule is Cc1ccccc1NC(=O)Nc1ccc(N(C)C)c(C(=O)NCc2ccc(F)cc2)c1. The third kappa shape index (κ3) is 5.82. The number of amides is 3. The van der Waals surface area contributed by atoms with E-state index in [2.05, 4.69) is 16.0 Å². The lowest BCUT2D eigenvalue weighted by Gasteiger charge is -2.19. The van der Waals surface area contributed by atoms with Crippen molar-refractivity contribution in [3.63, 3.8) is 0 Å². The molecule has 0 aromatic heterocycles.